The van der Waals surface area contributed by atoms with Crippen LogP contribution in [0.4, 0.5) is 5.82 Å². The fraction of sp³-hybridized carbons (Fsp3) is 0.158. The maximum Gasteiger partial charge on any atom is 0.256 e. The molecular weight excluding hydrogens is 350 g/mol. The molecule has 0 bridgehead atoms. The van der Waals surface area contributed by atoms with Crippen molar-refractivity contribution >= 4 is 22.5 Å². The van der Waals surface area contributed by atoms with Crippen LogP contribution < -0.4 is 10.1 Å². The number of fused-ring (bicyclic) bond motifs is 1. The lowest BCUT2D eigenvalue weighted by Crippen LogP contribution is -2.16. The Balaban J connectivity index is 1.70. The fourth-order valence-electron chi connectivity index (χ4n) is 2.93. The van der Waals surface area contributed by atoms with Crippen LogP contribution in [0.3, 0.4) is 0 Å². The normalized spacial score (nSPS) is 15.5. The van der Waals surface area contributed by atoms with Crippen LogP contribution in [0.5, 0.6) is 5.75 Å². The number of carbonyl (C=O) groups is 1. The highest BCUT2D eigenvalue weighted by Gasteiger charge is 2.28. The summed E-state index contributed by atoms with van der Waals surface area (Å²) in [7, 11) is 0.610. The van der Waals surface area contributed by atoms with Crippen molar-refractivity contribution in [3.63, 3.8) is 0 Å². The third-order valence-electron chi connectivity index (χ3n) is 4.25. The zero-order valence-electron chi connectivity index (χ0n) is 14.1. The van der Waals surface area contributed by atoms with E-state index >= 15 is 0 Å². The number of anilines is 1. The maximum absolute atomic E-state index is 12.7. The zero-order valence-corrected chi connectivity index (χ0v) is 15.0. The van der Waals surface area contributed by atoms with Gasteiger partial charge in [-0.3, -0.25) is 9.00 Å². The number of carbonyl (C=O) groups excluding carboxylic acids is 1. The average molecular weight is 367 g/mol. The van der Waals surface area contributed by atoms with E-state index in [1.807, 2.05) is 30.3 Å². The van der Waals surface area contributed by atoms with Gasteiger partial charge in [-0.25, -0.2) is 4.68 Å². The highest BCUT2D eigenvalue weighted by molar-refractivity contribution is 7.83. The molecule has 0 unspecified atom stereocenters. The predicted molar refractivity (Wildman–Crippen MR) is 100 cm³/mol. The van der Waals surface area contributed by atoms with Crippen molar-refractivity contribution in [3.8, 4) is 11.4 Å². The standard InChI is InChI=1S/C19H17N3O3S/c1-25-15-9-7-13(8-10-15)19(23)20-18-16-11-26(24)12-17(16)21-22(18)14-5-3-2-4-6-14/h2-10H,11-12H2,1H3,(H,20,23)/t26-/m0/s1. The Morgan fingerprint density at radius 2 is 1.85 bits per heavy atom. The molecule has 2 heterocycles. The molecule has 26 heavy (non-hydrogen) atoms. The molecule has 1 amide bonds. The number of ether oxygens (including phenoxy) is 1. The molecule has 1 aromatic heterocycles. The Morgan fingerprint density at radius 3 is 2.54 bits per heavy atom. The van der Waals surface area contributed by atoms with Crippen molar-refractivity contribution in [1.82, 2.24) is 9.78 Å². The molecule has 4 rings (SSSR count). The molecule has 0 radical (unpaired) electrons. The molecule has 0 saturated carbocycles. The fourth-order valence-corrected chi connectivity index (χ4v) is 4.20. The second kappa shape index (κ2) is 6.76. The van der Waals surface area contributed by atoms with E-state index in [-0.39, 0.29) is 5.91 Å². The summed E-state index contributed by atoms with van der Waals surface area (Å²) in [6, 6.07) is 16.5. The van der Waals surface area contributed by atoms with Gasteiger partial charge in [0.15, 0.2) is 0 Å². The number of nitrogens with one attached hydrogen (secondary N) is 1. The van der Waals surface area contributed by atoms with E-state index in [1.165, 1.54) is 0 Å². The molecule has 1 aliphatic heterocycles. The van der Waals surface area contributed by atoms with Gasteiger partial charge in [0.25, 0.3) is 5.91 Å². The summed E-state index contributed by atoms with van der Waals surface area (Å²) in [6.07, 6.45) is 0. The van der Waals surface area contributed by atoms with E-state index in [4.69, 9.17) is 4.74 Å². The first-order valence-electron chi connectivity index (χ1n) is 8.12. The minimum atomic E-state index is -0.970. The first-order valence-corrected chi connectivity index (χ1v) is 9.61. The number of aromatic nitrogens is 2. The Labute approximate surface area is 153 Å². The van der Waals surface area contributed by atoms with E-state index in [0.29, 0.717) is 28.6 Å². The van der Waals surface area contributed by atoms with Gasteiger partial charge in [0, 0.05) is 21.9 Å². The molecule has 3 aromatic rings. The Bertz CT molecular complexity index is 981. The van der Waals surface area contributed by atoms with Gasteiger partial charge in [-0.15, -0.1) is 0 Å². The number of amides is 1. The van der Waals surface area contributed by atoms with Gasteiger partial charge in [-0.2, -0.15) is 5.10 Å². The van der Waals surface area contributed by atoms with Crippen molar-refractivity contribution in [2.24, 2.45) is 0 Å². The quantitative estimate of drug-likeness (QED) is 0.770. The van der Waals surface area contributed by atoms with Crippen LogP contribution >= 0.6 is 0 Å². The van der Waals surface area contributed by atoms with Gasteiger partial charge in [-0.1, -0.05) is 18.2 Å². The highest BCUT2D eigenvalue weighted by atomic mass is 32.2. The minimum Gasteiger partial charge on any atom is -0.497 e. The Kier molecular flexibility index (Phi) is 4.30. The van der Waals surface area contributed by atoms with Crippen molar-refractivity contribution in [2.75, 3.05) is 12.4 Å². The molecular formula is C19H17N3O3S. The van der Waals surface area contributed by atoms with Crippen LogP contribution in [0.1, 0.15) is 21.6 Å². The summed E-state index contributed by atoms with van der Waals surface area (Å²) < 4.78 is 18.8. The van der Waals surface area contributed by atoms with Gasteiger partial charge < -0.3 is 10.1 Å². The van der Waals surface area contributed by atoms with Gasteiger partial charge in [0.1, 0.15) is 11.6 Å². The van der Waals surface area contributed by atoms with Gasteiger partial charge in [0.2, 0.25) is 0 Å². The van der Waals surface area contributed by atoms with E-state index in [1.54, 1.807) is 36.1 Å². The third kappa shape index (κ3) is 3.01. The van der Waals surface area contributed by atoms with Gasteiger partial charge >= 0.3 is 0 Å². The lowest BCUT2D eigenvalue weighted by molar-refractivity contribution is 0.102. The zero-order chi connectivity index (χ0) is 18.1. The van der Waals surface area contributed by atoms with E-state index in [9.17, 15) is 9.00 Å². The van der Waals surface area contributed by atoms with Crippen molar-refractivity contribution in [1.29, 1.82) is 0 Å². The molecule has 6 nitrogen and oxygen atoms in total. The lowest BCUT2D eigenvalue weighted by Gasteiger charge is -2.11. The van der Waals surface area contributed by atoms with Crippen LogP contribution in [0.15, 0.2) is 54.6 Å². The maximum atomic E-state index is 12.7. The number of methoxy groups -OCH3 is 1. The van der Waals surface area contributed by atoms with Crippen LogP contribution in [-0.2, 0) is 22.3 Å². The number of nitrogens with zero attached hydrogens (tertiary/aromatic N) is 2. The minimum absolute atomic E-state index is 0.245. The Hall–Kier alpha value is -2.93. The summed E-state index contributed by atoms with van der Waals surface area (Å²) in [5, 5.41) is 7.52. The molecule has 0 saturated heterocycles. The number of benzene rings is 2. The second-order valence-electron chi connectivity index (χ2n) is 5.93. The molecule has 7 heteroatoms. The van der Waals surface area contributed by atoms with Crippen LogP contribution in [0.25, 0.3) is 5.69 Å². The molecule has 0 fully saturated rings. The summed E-state index contributed by atoms with van der Waals surface area (Å²) in [4.78, 5) is 12.7. The number of hydrogen-bond acceptors (Lipinski definition) is 4. The largest absolute Gasteiger partial charge is 0.497 e. The number of hydrogen-bond donors (Lipinski definition) is 1. The SMILES string of the molecule is COc1ccc(C(=O)Nc2c3c(nn2-c2ccccc2)C[S@@](=O)C3)cc1. The lowest BCUT2D eigenvalue weighted by atomic mass is 10.2. The Morgan fingerprint density at radius 1 is 1.12 bits per heavy atom. The number of rotatable bonds is 4. The molecule has 2 aromatic carbocycles. The second-order valence-corrected chi connectivity index (χ2v) is 7.39. The summed E-state index contributed by atoms with van der Waals surface area (Å²) in [5.41, 5.74) is 2.98. The van der Waals surface area contributed by atoms with Crippen LogP contribution in [-0.4, -0.2) is 27.0 Å². The average Bonchev–Trinajstić information content (AvgIpc) is 3.19. The highest BCUT2D eigenvalue weighted by Crippen LogP contribution is 2.31. The molecule has 0 spiro atoms. The third-order valence-corrected chi connectivity index (χ3v) is 5.46. The van der Waals surface area contributed by atoms with Crippen molar-refractivity contribution < 1.29 is 13.7 Å². The smallest absolute Gasteiger partial charge is 0.256 e. The van der Waals surface area contributed by atoms with Crippen LogP contribution in [0.2, 0.25) is 0 Å². The van der Waals surface area contributed by atoms with Crippen molar-refractivity contribution in [2.45, 2.75) is 11.5 Å². The molecule has 1 aliphatic rings. The topological polar surface area (TPSA) is 73.2 Å². The van der Waals surface area contributed by atoms with Gasteiger partial charge in [0.05, 0.1) is 30.0 Å². The van der Waals surface area contributed by atoms with Crippen molar-refractivity contribution in [3.05, 3.63) is 71.4 Å². The first kappa shape index (κ1) is 16.5. The van der Waals surface area contributed by atoms with Crippen LogP contribution in [0, 0.1) is 0 Å². The summed E-state index contributed by atoms with van der Waals surface area (Å²) in [6.45, 7) is 0. The molecule has 1 atom stereocenters. The molecule has 0 aliphatic carbocycles. The summed E-state index contributed by atoms with van der Waals surface area (Å²) >= 11 is 0. The molecule has 1 N–H and O–H groups in total. The predicted octanol–water partition coefficient (Wildman–Crippen LogP) is 2.90. The molecule has 132 valence electrons. The van der Waals surface area contributed by atoms with E-state index in [0.717, 1.165) is 16.9 Å². The van der Waals surface area contributed by atoms with Gasteiger partial charge in [-0.05, 0) is 36.4 Å². The first-order chi connectivity index (χ1) is 12.7. The monoisotopic (exact) mass is 367 g/mol. The number of para-hydroxylation sites is 1. The van der Waals surface area contributed by atoms with E-state index in [2.05, 4.69) is 10.4 Å². The summed E-state index contributed by atoms with van der Waals surface area (Å²) in [5.74, 6) is 1.84. The van der Waals surface area contributed by atoms with E-state index < -0.39 is 10.8 Å².